The molecule has 1 amide bonds. The molecule has 0 saturated carbocycles. The van der Waals surface area contributed by atoms with Gasteiger partial charge in [0.05, 0.1) is 7.11 Å². The first-order chi connectivity index (χ1) is 9.71. The number of carbonyl (C=O) groups excluding carboxylic acids is 1. The van der Waals surface area contributed by atoms with Gasteiger partial charge in [-0.25, -0.2) is 0 Å². The number of hydrogen-bond donors (Lipinski definition) is 2. The first kappa shape index (κ1) is 16.0. The maximum Gasteiger partial charge on any atom is 0.258 e. The lowest BCUT2D eigenvalue weighted by molar-refractivity contribution is -0.122. The number of methoxy groups -OCH3 is 1. The van der Waals surface area contributed by atoms with Gasteiger partial charge in [0.2, 0.25) is 0 Å². The second-order valence-corrected chi connectivity index (χ2v) is 4.14. The van der Waals surface area contributed by atoms with Gasteiger partial charge >= 0.3 is 0 Å². The standard InChI is InChI=1S/C15H22N2O3/c1-4-8-17-15(18)11-20-14-7-6-13(19-3)9-12(14)10-16-5-2/h4,6-7,9,16H,1,5,8,10-11H2,2-3H3,(H,17,18). The smallest absolute Gasteiger partial charge is 0.258 e. The molecule has 0 radical (unpaired) electrons. The van der Waals surface area contributed by atoms with Gasteiger partial charge in [0.1, 0.15) is 11.5 Å². The molecule has 0 aliphatic rings. The molecule has 0 unspecified atom stereocenters. The van der Waals surface area contributed by atoms with Crippen LogP contribution in [-0.4, -0.2) is 32.7 Å². The van der Waals surface area contributed by atoms with Gasteiger partial charge in [0, 0.05) is 18.7 Å². The first-order valence-corrected chi connectivity index (χ1v) is 6.59. The van der Waals surface area contributed by atoms with Crippen LogP contribution in [0, 0.1) is 0 Å². The first-order valence-electron chi connectivity index (χ1n) is 6.59. The van der Waals surface area contributed by atoms with E-state index in [1.807, 2.05) is 25.1 Å². The van der Waals surface area contributed by atoms with Gasteiger partial charge < -0.3 is 20.1 Å². The Balaban J connectivity index is 2.67. The molecule has 5 nitrogen and oxygen atoms in total. The summed E-state index contributed by atoms with van der Waals surface area (Å²) in [5, 5.41) is 5.89. The number of carbonyl (C=O) groups is 1. The van der Waals surface area contributed by atoms with Gasteiger partial charge in [-0.05, 0) is 24.7 Å². The van der Waals surface area contributed by atoms with E-state index < -0.39 is 0 Å². The van der Waals surface area contributed by atoms with Crippen LogP contribution in [0.1, 0.15) is 12.5 Å². The summed E-state index contributed by atoms with van der Waals surface area (Å²) < 4.78 is 10.7. The topological polar surface area (TPSA) is 59.6 Å². The predicted molar refractivity (Wildman–Crippen MR) is 79.1 cm³/mol. The van der Waals surface area contributed by atoms with Gasteiger partial charge in [-0.1, -0.05) is 13.0 Å². The van der Waals surface area contributed by atoms with Crippen molar-refractivity contribution in [1.82, 2.24) is 10.6 Å². The van der Waals surface area contributed by atoms with E-state index in [0.29, 0.717) is 18.8 Å². The van der Waals surface area contributed by atoms with Crippen molar-refractivity contribution in [2.45, 2.75) is 13.5 Å². The fourth-order valence-corrected chi connectivity index (χ4v) is 1.60. The minimum atomic E-state index is -0.171. The Bertz CT molecular complexity index is 447. The maximum atomic E-state index is 11.5. The summed E-state index contributed by atoms with van der Waals surface area (Å²) in [4.78, 5) is 11.5. The van der Waals surface area contributed by atoms with Crippen LogP contribution >= 0.6 is 0 Å². The molecule has 0 heterocycles. The molecule has 0 aliphatic carbocycles. The van der Waals surface area contributed by atoms with Crippen molar-refractivity contribution in [2.24, 2.45) is 0 Å². The summed E-state index contributed by atoms with van der Waals surface area (Å²) >= 11 is 0. The number of benzene rings is 1. The van der Waals surface area contributed by atoms with Crippen molar-refractivity contribution in [3.8, 4) is 11.5 Å². The van der Waals surface area contributed by atoms with Crippen LogP contribution in [0.25, 0.3) is 0 Å². The van der Waals surface area contributed by atoms with Crippen LogP contribution in [0.2, 0.25) is 0 Å². The predicted octanol–water partition coefficient (Wildman–Crippen LogP) is 1.49. The summed E-state index contributed by atoms with van der Waals surface area (Å²) in [5.74, 6) is 1.27. The van der Waals surface area contributed by atoms with E-state index >= 15 is 0 Å². The van der Waals surface area contributed by atoms with E-state index in [-0.39, 0.29) is 12.5 Å². The third kappa shape index (κ3) is 5.32. The van der Waals surface area contributed by atoms with Crippen LogP contribution in [-0.2, 0) is 11.3 Å². The van der Waals surface area contributed by atoms with Crippen molar-refractivity contribution in [2.75, 3.05) is 26.8 Å². The minimum Gasteiger partial charge on any atom is -0.497 e. The van der Waals surface area contributed by atoms with Crippen molar-refractivity contribution in [1.29, 1.82) is 0 Å². The molecular formula is C15H22N2O3. The molecule has 0 saturated heterocycles. The van der Waals surface area contributed by atoms with Crippen LogP contribution in [0.3, 0.4) is 0 Å². The average molecular weight is 278 g/mol. The highest BCUT2D eigenvalue weighted by atomic mass is 16.5. The summed E-state index contributed by atoms with van der Waals surface area (Å²) in [6, 6.07) is 5.53. The Morgan fingerprint density at radius 3 is 2.90 bits per heavy atom. The largest absolute Gasteiger partial charge is 0.497 e. The zero-order chi connectivity index (χ0) is 14.8. The molecule has 0 fully saturated rings. The fourth-order valence-electron chi connectivity index (χ4n) is 1.60. The van der Waals surface area contributed by atoms with Crippen LogP contribution in [0.4, 0.5) is 0 Å². The van der Waals surface area contributed by atoms with Crippen LogP contribution in [0.5, 0.6) is 11.5 Å². The Labute approximate surface area is 120 Å². The lowest BCUT2D eigenvalue weighted by atomic mass is 10.2. The highest BCUT2D eigenvalue weighted by molar-refractivity contribution is 5.77. The Hall–Kier alpha value is -2.01. The minimum absolute atomic E-state index is 0.0146. The summed E-state index contributed by atoms with van der Waals surface area (Å²) in [5.41, 5.74) is 0.961. The average Bonchev–Trinajstić information content (AvgIpc) is 2.49. The Kier molecular flexibility index (Phi) is 7.21. The van der Waals surface area contributed by atoms with Crippen molar-refractivity contribution in [3.05, 3.63) is 36.4 Å². The van der Waals surface area contributed by atoms with Crippen LogP contribution < -0.4 is 20.1 Å². The van der Waals surface area contributed by atoms with Gasteiger partial charge in [0.25, 0.3) is 5.91 Å². The van der Waals surface area contributed by atoms with Crippen molar-refractivity contribution >= 4 is 5.91 Å². The molecule has 5 heteroatoms. The SMILES string of the molecule is C=CCNC(=O)COc1ccc(OC)cc1CNCC. The number of hydrogen-bond acceptors (Lipinski definition) is 4. The highest BCUT2D eigenvalue weighted by Gasteiger charge is 2.08. The van der Waals surface area contributed by atoms with Gasteiger partial charge in [-0.2, -0.15) is 0 Å². The molecule has 1 aromatic rings. The summed E-state index contributed by atoms with van der Waals surface area (Å²) in [7, 11) is 1.62. The molecule has 1 aromatic carbocycles. The molecule has 0 spiro atoms. The molecule has 2 N–H and O–H groups in total. The molecule has 110 valence electrons. The van der Waals surface area contributed by atoms with Crippen molar-refractivity contribution in [3.63, 3.8) is 0 Å². The number of ether oxygens (including phenoxy) is 2. The van der Waals surface area contributed by atoms with Gasteiger partial charge in [-0.3, -0.25) is 4.79 Å². The quantitative estimate of drug-likeness (QED) is 0.672. The molecular weight excluding hydrogens is 256 g/mol. The fraction of sp³-hybridized carbons (Fsp3) is 0.400. The van der Waals surface area contributed by atoms with E-state index in [1.165, 1.54) is 0 Å². The van der Waals surface area contributed by atoms with E-state index in [0.717, 1.165) is 17.9 Å². The molecule has 20 heavy (non-hydrogen) atoms. The lowest BCUT2D eigenvalue weighted by Crippen LogP contribution is -2.29. The third-order valence-electron chi connectivity index (χ3n) is 2.64. The second-order valence-electron chi connectivity index (χ2n) is 4.14. The number of amides is 1. The molecule has 0 atom stereocenters. The van der Waals surface area contributed by atoms with E-state index in [2.05, 4.69) is 17.2 Å². The maximum absolute atomic E-state index is 11.5. The molecule has 1 rings (SSSR count). The number of nitrogens with one attached hydrogen (secondary N) is 2. The normalized spacial score (nSPS) is 9.90. The Morgan fingerprint density at radius 2 is 2.25 bits per heavy atom. The second kappa shape index (κ2) is 8.98. The molecule has 0 aliphatic heterocycles. The zero-order valence-electron chi connectivity index (χ0n) is 12.1. The summed E-state index contributed by atoms with van der Waals surface area (Å²) in [6.45, 7) is 7.52. The van der Waals surface area contributed by atoms with Gasteiger partial charge in [-0.15, -0.1) is 6.58 Å². The molecule has 0 bridgehead atoms. The highest BCUT2D eigenvalue weighted by Crippen LogP contribution is 2.24. The van der Waals surface area contributed by atoms with E-state index in [9.17, 15) is 4.79 Å². The van der Waals surface area contributed by atoms with E-state index in [4.69, 9.17) is 9.47 Å². The monoisotopic (exact) mass is 278 g/mol. The van der Waals surface area contributed by atoms with Crippen LogP contribution in [0.15, 0.2) is 30.9 Å². The lowest BCUT2D eigenvalue weighted by Gasteiger charge is -2.13. The molecule has 0 aromatic heterocycles. The van der Waals surface area contributed by atoms with E-state index in [1.54, 1.807) is 13.2 Å². The third-order valence-corrected chi connectivity index (χ3v) is 2.64. The van der Waals surface area contributed by atoms with Crippen molar-refractivity contribution < 1.29 is 14.3 Å². The van der Waals surface area contributed by atoms with Gasteiger partial charge in [0.15, 0.2) is 6.61 Å². The summed E-state index contributed by atoms with van der Waals surface area (Å²) in [6.07, 6.45) is 1.63. The zero-order valence-corrected chi connectivity index (χ0v) is 12.1. The Morgan fingerprint density at radius 1 is 1.45 bits per heavy atom. The number of rotatable bonds is 9.